The minimum atomic E-state index is -0.693. The smallest absolute Gasteiger partial charge is 0.411 e. The number of carbonyl (C=O) groups is 2. The van der Waals surface area contributed by atoms with Crippen LogP contribution in [0, 0.1) is 5.82 Å². The van der Waals surface area contributed by atoms with Crippen LogP contribution < -0.4 is 16.4 Å². The van der Waals surface area contributed by atoms with Crippen LogP contribution in [-0.4, -0.2) is 18.5 Å². The Labute approximate surface area is 190 Å². The normalized spacial score (nSPS) is 10.5. The van der Waals surface area contributed by atoms with Crippen LogP contribution in [-0.2, 0) is 17.8 Å². The quantitative estimate of drug-likeness (QED) is 0.425. The summed E-state index contributed by atoms with van der Waals surface area (Å²) in [5.41, 5.74) is 7.71. The first kappa shape index (κ1) is 23.2. The first-order chi connectivity index (χ1) is 15.4. The molecule has 0 saturated carbocycles. The molecule has 0 saturated heterocycles. The van der Waals surface area contributed by atoms with Gasteiger partial charge in [-0.15, -0.1) is 0 Å². The first-order valence-corrected chi connectivity index (χ1v) is 10.4. The summed E-state index contributed by atoms with van der Waals surface area (Å²) in [6.07, 6.45) is 0.736. The molecule has 0 radical (unpaired) electrons. The minimum absolute atomic E-state index is 0.0567. The third-order valence-electron chi connectivity index (χ3n) is 4.57. The molecule has 4 N–H and O–H groups in total. The van der Waals surface area contributed by atoms with Crippen molar-refractivity contribution >= 4 is 35.0 Å². The Morgan fingerprint density at radius 2 is 1.75 bits per heavy atom. The number of ether oxygens (including phenoxy) is 1. The van der Waals surface area contributed by atoms with E-state index in [-0.39, 0.29) is 28.6 Å². The lowest BCUT2D eigenvalue weighted by Crippen LogP contribution is -2.16. The number of amides is 2. The first-order valence-electron chi connectivity index (χ1n) is 10.0. The molecule has 0 spiro atoms. The molecule has 3 aromatic rings. The van der Waals surface area contributed by atoms with Crippen LogP contribution in [0.25, 0.3) is 0 Å². The number of hydrogen-bond donors (Lipinski definition) is 3. The van der Waals surface area contributed by atoms with Gasteiger partial charge in [-0.2, -0.15) is 0 Å². The molecular formula is C24H23ClFN3O3. The van der Waals surface area contributed by atoms with Crippen molar-refractivity contribution in [1.29, 1.82) is 0 Å². The fourth-order valence-corrected chi connectivity index (χ4v) is 3.23. The monoisotopic (exact) mass is 455 g/mol. The van der Waals surface area contributed by atoms with Crippen molar-refractivity contribution in [3.8, 4) is 0 Å². The summed E-state index contributed by atoms with van der Waals surface area (Å²) in [6, 6.07) is 18.1. The molecule has 3 aromatic carbocycles. The van der Waals surface area contributed by atoms with Crippen LogP contribution >= 0.6 is 11.6 Å². The highest BCUT2D eigenvalue weighted by Gasteiger charge is 2.13. The zero-order chi connectivity index (χ0) is 22.9. The van der Waals surface area contributed by atoms with Crippen molar-refractivity contribution in [3.63, 3.8) is 0 Å². The highest BCUT2D eigenvalue weighted by molar-refractivity contribution is 6.31. The third kappa shape index (κ3) is 6.80. The highest BCUT2D eigenvalue weighted by atomic mass is 35.5. The molecule has 0 unspecified atom stereocenters. The van der Waals surface area contributed by atoms with Crippen molar-refractivity contribution in [2.75, 3.05) is 17.2 Å². The molecule has 0 aliphatic carbocycles. The predicted molar refractivity (Wildman–Crippen MR) is 123 cm³/mol. The molecule has 2 amide bonds. The SMILES string of the molecule is NCCCc1ccc(F)c(NC(=O)c2cc(Cl)cc(NC(=O)OCc3ccccc3)c2)c1. The van der Waals surface area contributed by atoms with Crippen molar-refractivity contribution in [3.05, 3.63) is 94.3 Å². The van der Waals surface area contributed by atoms with Gasteiger partial charge >= 0.3 is 6.09 Å². The number of halogens is 2. The molecule has 0 fully saturated rings. The van der Waals surface area contributed by atoms with Crippen molar-refractivity contribution in [1.82, 2.24) is 0 Å². The van der Waals surface area contributed by atoms with Crippen LogP contribution in [0.5, 0.6) is 0 Å². The Kier molecular flexibility index (Phi) is 8.19. The number of carbonyl (C=O) groups excluding carboxylic acids is 2. The van der Waals surface area contributed by atoms with Gasteiger partial charge in [0.1, 0.15) is 12.4 Å². The number of anilines is 2. The second-order valence-electron chi connectivity index (χ2n) is 7.08. The van der Waals surface area contributed by atoms with Crippen molar-refractivity contribution in [2.24, 2.45) is 5.73 Å². The zero-order valence-corrected chi connectivity index (χ0v) is 18.0. The molecule has 0 aliphatic rings. The topological polar surface area (TPSA) is 93.5 Å². The summed E-state index contributed by atoms with van der Waals surface area (Å²) >= 11 is 6.11. The Balaban J connectivity index is 1.67. The van der Waals surface area contributed by atoms with E-state index in [0.29, 0.717) is 13.0 Å². The fourth-order valence-electron chi connectivity index (χ4n) is 2.99. The maximum atomic E-state index is 14.2. The molecule has 0 aromatic heterocycles. The summed E-state index contributed by atoms with van der Waals surface area (Å²) in [4.78, 5) is 24.8. The Morgan fingerprint density at radius 1 is 0.969 bits per heavy atom. The number of rotatable bonds is 8. The number of aryl methyl sites for hydroxylation is 1. The second kappa shape index (κ2) is 11.3. The minimum Gasteiger partial charge on any atom is -0.444 e. The molecule has 0 aliphatic heterocycles. The Hall–Kier alpha value is -3.42. The Morgan fingerprint density at radius 3 is 2.50 bits per heavy atom. The van der Waals surface area contributed by atoms with Gasteiger partial charge in [0.2, 0.25) is 0 Å². The van der Waals surface area contributed by atoms with Gasteiger partial charge in [0, 0.05) is 16.3 Å². The molecule has 166 valence electrons. The number of benzene rings is 3. The van der Waals surface area contributed by atoms with Crippen molar-refractivity contribution < 1.29 is 18.7 Å². The average Bonchev–Trinajstić information content (AvgIpc) is 2.78. The van der Waals surface area contributed by atoms with Gasteiger partial charge in [-0.3, -0.25) is 10.1 Å². The zero-order valence-electron chi connectivity index (χ0n) is 17.2. The van der Waals surface area contributed by atoms with Gasteiger partial charge in [-0.05, 0) is 60.8 Å². The van der Waals surface area contributed by atoms with E-state index < -0.39 is 17.8 Å². The van der Waals surface area contributed by atoms with Gasteiger partial charge in [0.15, 0.2) is 0 Å². The van der Waals surface area contributed by atoms with Crippen LogP contribution in [0.1, 0.15) is 27.9 Å². The number of nitrogens with two attached hydrogens (primary N) is 1. The number of nitrogens with one attached hydrogen (secondary N) is 2. The lowest BCUT2D eigenvalue weighted by molar-refractivity contribution is 0.102. The van der Waals surface area contributed by atoms with E-state index in [2.05, 4.69) is 10.6 Å². The number of hydrogen-bond acceptors (Lipinski definition) is 4. The molecule has 32 heavy (non-hydrogen) atoms. The van der Waals surface area contributed by atoms with Gasteiger partial charge in [0.25, 0.3) is 5.91 Å². The van der Waals surface area contributed by atoms with Crippen LogP contribution in [0.4, 0.5) is 20.6 Å². The summed E-state index contributed by atoms with van der Waals surface area (Å²) in [7, 11) is 0. The molecule has 6 nitrogen and oxygen atoms in total. The third-order valence-corrected chi connectivity index (χ3v) is 4.79. The Bertz CT molecular complexity index is 1090. The van der Waals surface area contributed by atoms with E-state index in [1.807, 2.05) is 30.3 Å². The molecule has 8 heteroatoms. The van der Waals surface area contributed by atoms with Crippen LogP contribution in [0.2, 0.25) is 5.02 Å². The van der Waals surface area contributed by atoms with E-state index >= 15 is 0 Å². The van der Waals surface area contributed by atoms with Crippen LogP contribution in [0.15, 0.2) is 66.7 Å². The van der Waals surface area contributed by atoms with Gasteiger partial charge in [-0.1, -0.05) is 48.0 Å². The molecule has 3 rings (SSSR count). The molecular weight excluding hydrogens is 433 g/mol. The van der Waals surface area contributed by atoms with Crippen molar-refractivity contribution in [2.45, 2.75) is 19.4 Å². The second-order valence-corrected chi connectivity index (χ2v) is 7.51. The van der Waals surface area contributed by atoms with E-state index in [1.54, 1.807) is 12.1 Å². The van der Waals surface area contributed by atoms with Gasteiger partial charge < -0.3 is 15.8 Å². The summed E-state index contributed by atoms with van der Waals surface area (Å²) in [5.74, 6) is -1.12. The summed E-state index contributed by atoms with van der Waals surface area (Å²) in [5, 5.41) is 5.32. The lowest BCUT2D eigenvalue weighted by atomic mass is 10.1. The maximum Gasteiger partial charge on any atom is 0.411 e. The van der Waals surface area contributed by atoms with E-state index in [4.69, 9.17) is 22.1 Å². The van der Waals surface area contributed by atoms with Crippen LogP contribution in [0.3, 0.4) is 0 Å². The van der Waals surface area contributed by atoms with E-state index in [1.165, 1.54) is 24.3 Å². The highest BCUT2D eigenvalue weighted by Crippen LogP contribution is 2.22. The molecule has 0 heterocycles. The van der Waals surface area contributed by atoms with E-state index in [9.17, 15) is 14.0 Å². The molecule has 0 bridgehead atoms. The average molecular weight is 456 g/mol. The summed E-state index contributed by atoms with van der Waals surface area (Å²) in [6.45, 7) is 0.617. The fraction of sp³-hybridized carbons (Fsp3) is 0.167. The summed E-state index contributed by atoms with van der Waals surface area (Å²) < 4.78 is 19.4. The molecule has 0 atom stereocenters. The largest absolute Gasteiger partial charge is 0.444 e. The predicted octanol–water partition coefficient (Wildman–Crippen LogP) is 5.37. The lowest BCUT2D eigenvalue weighted by Gasteiger charge is -2.11. The maximum absolute atomic E-state index is 14.2. The van der Waals surface area contributed by atoms with Gasteiger partial charge in [-0.25, -0.2) is 9.18 Å². The van der Waals surface area contributed by atoms with Gasteiger partial charge in [0.05, 0.1) is 5.69 Å². The standard InChI is InChI=1S/C24H23ClFN3O3/c25-19-12-18(23(30)29-22-11-16(7-4-10-27)8-9-21(22)26)13-20(14-19)28-24(31)32-15-17-5-2-1-3-6-17/h1-3,5-6,8-9,11-14H,4,7,10,15,27H2,(H,28,31)(H,29,30). The van der Waals surface area contributed by atoms with E-state index in [0.717, 1.165) is 17.5 Å².